The van der Waals surface area contributed by atoms with Gasteiger partial charge in [-0.15, -0.1) is 0 Å². The number of hydrogen-bond acceptors (Lipinski definition) is 7. The molecule has 0 aliphatic rings. The van der Waals surface area contributed by atoms with Crippen molar-refractivity contribution in [2.75, 3.05) is 19.6 Å². The van der Waals surface area contributed by atoms with Crippen LogP contribution < -0.4 is 33.2 Å². The molecule has 13 nitrogen and oxygen atoms in total. The summed E-state index contributed by atoms with van der Waals surface area (Å²) in [6.07, 6.45) is -0.583. The van der Waals surface area contributed by atoms with Crippen LogP contribution in [0.3, 0.4) is 0 Å². The molecule has 0 fully saturated rings. The van der Waals surface area contributed by atoms with Crippen molar-refractivity contribution in [3.8, 4) is 0 Å². The number of rotatable bonds is 12. The zero-order valence-electron chi connectivity index (χ0n) is 15.0. The smallest absolute Gasteiger partial charge is 0.322 e. The second-order valence-electron chi connectivity index (χ2n) is 5.67. The van der Waals surface area contributed by atoms with Gasteiger partial charge in [-0.1, -0.05) is 0 Å². The van der Waals surface area contributed by atoms with Gasteiger partial charge >= 0.3 is 5.97 Å². The average molecular weight is 389 g/mol. The maximum absolute atomic E-state index is 12.1. The Balaban J connectivity index is 4.50. The van der Waals surface area contributed by atoms with Crippen molar-refractivity contribution >= 4 is 29.7 Å². The Hall–Kier alpha value is -2.93. The van der Waals surface area contributed by atoms with E-state index in [4.69, 9.17) is 22.3 Å². The fraction of sp³-hybridized carbons (Fsp3) is 0.643. The number of nitrogens with zero attached hydrogens (tertiary/aromatic N) is 1. The first kappa shape index (κ1) is 24.1. The average Bonchev–Trinajstić information content (AvgIpc) is 2.58. The minimum absolute atomic E-state index is 0.0775. The van der Waals surface area contributed by atoms with Crippen molar-refractivity contribution in [3.05, 3.63) is 0 Å². The quantitative estimate of drug-likeness (QED) is 0.0911. The number of guanidine groups is 1. The standard InChI is InChI=1S/C14H27N7O6/c1-7(22)11(13(27)20-5-9(23)19-6-10(24)25)21-12(26)8(15)3-2-4-18-14(16)17/h7-8,11,22H,2-6,15H2,1H3,(H,19,23)(H,20,27)(H,21,26)(H,24,25)(H4,16,17,18)/t7-,8+,11+/m1/s1. The molecule has 13 heteroatoms. The summed E-state index contributed by atoms with van der Waals surface area (Å²) in [4.78, 5) is 49.6. The zero-order valence-corrected chi connectivity index (χ0v) is 15.0. The maximum Gasteiger partial charge on any atom is 0.322 e. The number of aliphatic hydroxyl groups excluding tert-OH is 1. The molecule has 0 saturated heterocycles. The predicted octanol–water partition coefficient (Wildman–Crippen LogP) is -4.45. The fourth-order valence-electron chi connectivity index (χ4n) is 1.83. The summed E-state index contributed by atoms with van der Waals surface area (Å²) in [5.74, 6) is -3.55. The van der Waals surface area contributed by atoms with E-state index in [1.54, 1.807) is 0 Å². The normalized spacial score (nSPS) is 13.6. The molecule has 0 aliphatic heterocycles. The summed E-state index contributed by atoms with van der Waals surface area (Å²) < 4.78 is 0. The van der Waals surface area contributed by atoms with E-state index >= 15 is 0 Å². The lowest BCUT2D eigenvalue weighted by Gasteiger charge is -2.22. The monoisotopic (exact) mass is 389 g/mol. The van der Waals surface area contributed by atoms with Crippen LogP contribution >= 0.6 is 0 Å². The van der Waals surface area contributed by atoms with Gasteiger partial charge in [-0.05, 0) is 19.8 Å². The number of carbonyl (C=O) groups excluding carboxylic acids is 3. The van der Waals surface area contributed by atoms with Crippen LogP contribution in [0.5, 0.6) is 0 Å². The first-order chi connectivity index (χ1) is 12.5. The Morgan fingerprint density at radius 3 is 2.22 bits per heavy atom. The summed E-state index contributed by atoms with van der Waals surface area (Å²) in [6.45, 7) is 0.449. The lowest BCUT2D eigenvalue weighted by Crippen LogP contribution is -2.56. The first-order valence-electron chi connectivity index (χ1n) is 8.10. The summed E-state index contributed by atoms with van der Waals surface area (Å²) in [5, 5.41) is 24.7. The maximum atomic E-state index is 12.1. The molecular formula is C14H27N7O6. The van der Waals surface area contributed by atoms with Crippen molar-refractivity contribution < 1.29 is 29.4 Å². The number of amides is 3. The Morgan fingerprint density at radius 2 is 1.70 bits per heavy atom. The van der Waals surface area contributed by atoms with Crippen LogP contribution in [-0.4, -0.2) is 77.7 Å². The Kier molecular flexibility index (Phi) is 11.1. The van der Waals surface area contributed by atoms with Crippen LogP contribution in [0.1, 0.15) is 19.8 Å². The number of carboxylic acids is 1. The minimum atomic E-state index is -1.34. The molecule has 0 radical (unpaired) electrons. The molecular weight excluding hydrogens is 362 g/mol. The van der Waals surface area contributed by atoms with Gasteiger partial charge in [0, 0.05) is 6.54 Å². The molecule has 154 valence electrons. The highest BCUT2D eigenvalue weighted by Gasteiger charge is 2.27. The number of carbonyl (C=O) groups is 4. The number of nitrogens with one attached hydrogen (secondary N) is 3. The lowest BCUT2D eigenvalue weighted by molar-refractivity contribution is -0.138. The second-order valence-corrected chi connectivity index (χ2v) is 5.67. The molecule has 0 aromatic heterocycles. The summed E-state index contributed by atoms with van der Waals surface area (Å²) >= 11 is 0. The minimum Gasteiger partial charge on any atom is -0.480 e. The molecule has 0 heterocycles. The number of aliphatic imine (C=N–C) groups is 1. The third-order valence-electron chi connectivity index (χ3n) is 3.23. The third-order valence-corrected chi connectivity index (χ3v) is 3.23. The molecule has 3 amide bonds. The van der Waals surface area contributed by atoms with E-state index in [0.717, 1.165) is 0 Å². The van der Waals surface area contributed by atoms with Crippen molar-refractivity contribution in [2.24, 2.45) is 22.2 Å². The highest BCUT2D eigenvalue weighted by atomic mass is 16.4. The number of hydrogen-bond donors (Lipinski definition) is 8. The van der Waals surface area contributed by atoms with Gasteiger partial charge in [-0.2, -0.15) is 0 Å². The molecule has 0 saturated carbocycles. The highest BCUT2D eigenvalue weighted by molar-refractivity contribution is 5.92. The predicted molar refractivity (Wildman–Crippen MR) is 95.2 cm³/mol. The van der Waals surface area contributed by atoms with Crippen LogP contribution in [0.4, 0.5) is 0 Å². The fourth-order valence-corrected chi connectivity index (χ4v) is 1.83. The van der Waals surface area contributed by atoms with Crippen molar-refractivity contribution in [3.63, 3.8) is 0 Å². The van der Waals surface area contributed by atoms with Gasteiger partial charge in [0.25, 0.3) is 0 Å². The SMILES string of the molecule is C[C@@H](O)[C@H](NC(=O)[C@@H](N)CCCN=C(N)N)C(=O)NCC(=O)NCC(=O)O. The molecule has 0 unspecified atom stereocenters. The van der Waals surface area contributed by atoms with Gasteiger partial charge in [0.1, 0.15) is 12.6 Å². The number of nitrogens with two attached hydrogens (primary N) is 3. The lowest BCUT2D eigenvalue weighted by atomic mass is 10.1. The van der Waals surface area contributed by atoms with Crippen molar-refractivity contribution in [2.45, 2.75) is 38.0 Å². The molecule has 27 heavy (non-hydrogen) atoms. The third kappa shape index (κ3) is 11.3. The van der Waals surface area contributed by atoms with Gasteiger partial charge in [-0.3, -0.25) is 24.2 Å². The van der Waals surface area contributed by atoms with Crippen LogP contribution in [0, 0.1) is 0 Å². The van der Waals surface area contributed by atoms with Crippen LogP contribution in [0.2, 0.25) is 0 Å². The van der Waals surface area contributed by atoms with E-state index in [-0.39, 0.29) is 18.9 Å². The van der Waals surface area contributed by atoms with E-state index in [1.165, 1.54) is 6.92 Å². The van der Waals surface area contributed by atoms with Gasteiger partial charge in [0.15, 0.2) is 5.96 Å². The molecule has 0 spiro atoms. The topological polar surface area (TPSA) is 235 Å². The molecule has 0 bridgehead atoms. The number of aliphatic hydroxyl groups is 1. The van der Waals surface area contributed by atoms with Gasteiger partial charge in [0.05, 0.1) is 18.7 Å². The summed E-state index contributed by atoms with van der Waals surface area (Å²) in [5.41, 5.74) is 16.1. The van der Waals surface area contributed by atoms with Crippen LogP contribution in [0.25, 0.3) is 0 Å². The first-order valence-corrected chi connectivity index (χ1v) is 8.10. The van der Waals surface area contributed by atoms with Gasteiger partial charge in [-0.25, -0.2) is 0 Å². The Labute approximate surface area is 155 Å². The molecule has 11 N–H and O–H groups in total. The van der Waals surface area contributed by atoms with E-state index in [0.29, 0.717) is 6.42 Å². The van der Waals surface area contributed by atoms with Crippen molar-refractivity contribution in [1.29, 1.82) is 0 Å². The van der Waals surface area contributed by atoms with Crippen molar-refractivity contribution in [1.82, 2.24) is 16.0 Å². The van der Waals surface area contributed by atoms with E-state index in [9.17, 15) is 24.3 Å². The number of carboxylic acid groups (broad SMARTS) is 1. The molecule has 0 aromatic rings. The summed E-state index contributed by atoms with van der Waals surface area (Å²) in [6, 6.07) is -2.29. The van der Waals surface area contributed by atoms with Crippen LogP contribution in [0.15, 0.2) is 4.99 Å². The molecule has 0 rings (SSSR count). The molecule has 0 aromatic carbocycles. The number of aliphatic carboxylic acids is 1. The second kappa shape index (κ2) is 12.4. The van der Waals surface area contributed by atoms with Gasteiger partial charge < -0.3 is 43.4 Å². The van der Waals surface area contributed by atoms with Gasteiger partial charge in [0.2, 0.25) is 17.7 Å². The molecule has 0 aliphatic carbocycles. The van der Waals surface area contributed by atoms with Crippen LogP contribution in [-0.2, 0) is 19.2 Å². The Bertz CT molecular complexity index is 562. The van der Waals surface area contributed by atoms with E-state index < -0.39 is 55.0 Å². The largest absolute Gasteiger partial charge is 0.480 e. The molecule has 3 atom stereocenters. The van der Waals surface area contributed by atoms with E-state index in [2.05, 4.69) is 15.6 Å². The van der Waals surface area contributed by atoms with E-state index in [1.807, 2.05) is 5.32 Å². The summed E-state index contributed by atoms with van der Waals surface area (Å²) in [7, 11) is 0. The zero-order chi connectivity index (χ0) is 21.0. The highest BCUT2D eigenvalue weighted by Crippen LogP contribution is 1.99. The Morgan fingerprint density at radius 1 is 1.07 bits per heavy atom.